The summed E-state index contributed by atoms with van der Waals surface area (Å²) in [5.41, 5.74) is 13.7. The van der Waals surface area contributed by atoms with Crippen LogP contribution in [0.15, 0.2) is 48.6 Å². The number of phosphoric ester groups is 1. The lowest BCUT2D eigenvalue weighted by Crippen LogP contribution is -2.37. The van der Waals surface area contributed by atoms with Crippen LogP contribution in [0.3, 0.4) is 0 Å². The van der Waals surface area contributed by atoms with E-state index in [9.17, 15) is 9.46 Å². The van der Waals surface area contributed by atoms with Crippen molar-refractivity contribution in [2.75, 3.05) is 17.2 Å². The lowest BCUT2D eigenvalue weighted by Gasteiger charge is -2.38. The molecule has 0 saturated carbocycles. The van der Waals surface area contributed by atoms with Crippen LogP contribution in [0.25, 0.3) is 0 Å². The zero-order chi connectivity index (χ0) is 22.6. The van der Waals surface area contributed by atoms with Crippen molar-refractivity contribution in [2.45, 2.75) is 38.9 Å². The largest absolute Gasteiger partial charge is 0.473 e. The summed E-state index contributed by atoms with van der Waals surface area (Å²) in [6, 6.07) is 0. The predicted molar refractivity (Wildman–Crippen MR) is 117 cm³/mol. The maximum atomic E-state index is 12.4. The normalized spacial score (nSPS) is 31.6. The van der Waals surface area contributed by atoms with Crippen molar-refractivity contribution in [2.24, 2.45) is 11.8 Å². The number of allylic oxidation sites excluding steroid dienone is 4. The summed E-state index contributed by atoms with van der Waals surface area (Å²) in [6.07, 6.45) is 14.9. The average molecular weight is 436 g/mol. The van der Waals surface area contributed by atoms with E-state index < -0.39 is 19.0 Å². The van der Waals surface area contributed by atoms with Crippen LogP contribution in [0.1, 0.15) is 27.7 Å². The van der Waals surface area contributed by atoms with Crippen molar-refractivity contribution in [3.05, 3.63) is 48.6 Å². The molecule has 0 bridgehead atoms. The molecule has 0 radical (unpaired) electrons. The van der Waals surface area contributed by atoms with E-state index in [1.807, 2.05) is 50.3 Å². The lowest BCUT2D eigenvalue weighted by atomic mass is 9.87. The van der Waals surface area contributed by atoms with Crippen molar-refractivity contribution >= 4 is 25.7 Å². The van der Waals surface area contributed by atoms with Crippen LogP contribution in [0.5, 0.6) is 0 Å². The maximum absolute atomic E-state index is 12.4. The van der Waals surface area contributed by atoms with Crippen LogP contribution >= 0.6 is 7.82 Å². The highest BCUT2D eigenvalue weighted by molar-refractivity contribution is 7.47. The van der Waals surface area contributed by atoms with Gasteiger partial charge in [-0.25, -0.2) is 4.57 Å². The molecule has 4 unspecified atom stereocenters. The van der Waals surface area contributed by atoms with E-state index in [4.69, 9.17) is 26.2 Å². The van der Waals surface area contributed by atoms with E-state index in [1.165, 1.54) is 0 Å². The number of nitrogens with zero attached hydrogens (tertiary/aromatic N) is 3. The molecule has 10 nitrogen and oxygen atoms in total. The number of aromatic nitrogens is 3. The zero-order valence-corrected chi connectivity index (χ0v) is 18.4. The lowest BCUT2D eigenvalue weighted by molar-refractivity contribution is -0.000238. The minimum Gasteiger partial charge on any atom is -0.368 e. The number of hydrogen-bond donors (Lipinski definition) is 4. The number of phosphoric acid groups is 1. The van der Waals surface area contributed by atoms with Gasteiger partial charge in [-0.2, -0.15) is 15.0 Å². The van der Waals surface area contributed by atoms with Crippen molar-refractivity contribution in [1.29, 1.82) is 0 Å². The number of hydrogen-bond acceptors (Lipinski definition) is 9. The summed E-state index contributed by atoms with van der Waals surface area (Å²) in [4.78, 5) is 20.6. The molecular formula is C19H29N6O4P. The van der Waals surface area contributed by atoms with Gasteiger partial charge in [0.1, 0.15) is 11.2 Å². The first-order valence-corrected chi connectivity index (χ1v) is 10.8. The SMILES string of the molecule is CC1C=CC=CC1(C)OP(=O)(O)OC1(C)C=CC=CC1C.Nc1nc(N)nc(N)n1. The Balaban J connectivity index is 0.000000297. The summed E-state index contributed by atoms with van der Waals surface area (Å²) in [5.74, 6) is 0.0946. The van der Waals surface area contributed by atoms with Gasteiger partial charge in [-0.3, -0.25) is 9.05 Å². The summed E-state index contributed by atoms with van der Waals surface area (Å²) in [6.45, 7) is 7.44. The number of anilines is 3. The second kappa shape index (κ2) is 9.09. The van der Waals surface area contributed by atoms with Gasteiger partial charge >= 0.3 is 7.82 Å². The molecule has 3 rings (SSSR count). The van der Waals surface area contributed by atoms with Crippen molar-refractivity contribution in [3.8, 4) is 0 Å². The van der Waals surface area contributed by atoms with Crippen molar-refractivity contribution < 1.29 is 18.5 Å². The molecule has 164 valence electrons. The fourth-order valence-corrected chi connectivity index (χ4v) is 4.30. The smallest absolute Gasteiger partial charge is 0.368 e. The van der Waals surface area contributed by atoms with Crippen LogP contribution in [0.2, 0.25) is 0 Å². The first kappa shape index (κ1) is 23.8. The highest BCUT2D eigenvalue weighted by Gasteiger charge is 2.43. The van der Waals surface area contributed by atoms with Gasteiger partial charge in [0.2, 0.25) is 17.8 Å². The highest BCUT2D eigenvalue weighted by atomic mass is 31.2. The van der Waals surface area contributed by atoms with Gasteiger partial charge in [-0.1, -0.05) is 62.5 Å². The number of rotatable bonds is 4. The average Bonchev–Trinajstić information content (AvgIpc) is 2.59. The minimum atomic E-state index is -4.21. The second-order valence-corrected chi connectivity index (χ2v) is 8.80. The quantitative estimate of drug-likeness (QED) is 0.514. The fraction of sp³-hybridized carbons (Fsp3) is 0.421. The molecule has 30 heavy (non-hydrogen) atoms. The van der Waals surface area contributed by atoms with Crippen LogP contribution in [-0.2, 0) is 13.6 Å². The third-order valence-electron chi connectivity index (χ3n) is 5.00. The Bertz CT molecular complexity index is 837. The molecule has 11 heteroatoms. The number of nitrogen functional groups attached to an aromatic ring is 3. The van der Waals surface area contributed by atoms with Gasteiger partial charge in [0.05, 0.1) is 0 Å². The van der Waals surface area contributed by atoms with Gasteiger partial charge < -0.3 is 22.1 Å². The molecule has 2 aliphatic rings. The predicted octanol–water partition coefficient (Wildman–Crippen LogP) is 2.78. The maximum Gasteiger partial charge on any atom is 0.473 e. The van der Waals surface area contributed by atoms with E-state index in [-0.39, 0.29) is 29.7 Å². The van der Waals surface area contributed by atoms with Crippen LogP contribution in [-0.4, -0.2) is 31.0 Å². The first-order valence-electron chi connectivity index (χ1n) is 9.34. The molecule has 0 spiro atoms. The summed E-state index contributed by atoms with van der Waals surface area (Å²) >= 11 is 0. The molecule has 0 amide bonds. The molecule has 0 saturated heterocycles. The van der Waals surface area contributed by atoms with E-state index in [0.717, 1.165) is 0 Å². The Kier molecular flexibility index (Phi) is 7.20. The Morgan fingerprint density at radius 2 is 1.17 bits per heavy atom. The molecular weight excluding hydrogens is 407 g/mol. The van der Waals surface area contributed by atoms with Gasteiger partial charge in [-0.15, -0.1) is 0 Å². The molecule has 1 aromatic rings. The van der Waals surface area contributed by atoms with Crippen molar-refractivity contribution in [1.82, 2.24) is 15.0 Å². The molecule has 4 atom stereocenters. The third-order valence-corrected chi connectivity index (χ3v) is 6.24. The monoisotopic (exact) mass is 436 g/mol. The van der Waals surface area contributed by atoms with E-state index in [1.54, 1.807) is 26.0 Å². The van der Waals surface area contributed by atoms with E-state index in [2.05, 4.69) is 15.0 Å². The molecule has 7 N–H and O–H groups in total. The van der Waals surface area contributed by atoms with Crippen LogP contribution in [0.4, 0.5) is 17.8 Å². The number of nitrogens with two attached hydrogens (primary N) is 3. The second-order valence-electron chi connectivity index (χ2n) is 7.49. The zero-order valence-electron chi connectivity index (χ0n) is 17.5. The van der Waals surface area contributed by atoms with Gasteiger partial charge in [0.25, 0.3) is 0 Å². The molecule has 2 aliphatic carbocycles. The van der Waals surface area contributed by atoms with E-state index in [0.29, 0.717) is 0 Å². The van der Waals surface area contributed by atoms with Gasteiger partial charge in [0.15, 0.2) is 0 Å². The Hall–Kier alpha value is -2.52. The minimum absolute atomic E-state index is 0.0152. The topological polar surface area (TPSA) is 172 Å². The molecule has 0 fully saturated rings. The summed E-state index contributed by atoms with van der Waals surface area (Å²) in [5, 5.41) is 0. The summed E-state index contributed by atoms with van der Waals surface area (Å²) < 4.78 is 23.4. The van der Waals surface area contributed by atoms with Gasteiger partial charge in [-0.05, 0) is 13.8 Å². The highest BCUT2D eigenvalue weighted by Crippen LogP contribution is 2.54. The standard InChI is InChI=1S/C16H23O4P.C3H6N6/c1-13-9-5-7-11-15(13,3)19-21(17,18)20-16(4)12-8-6-10-14(16)2;4-1-7-2(5)9-3(6)8-1/h5-14H,1-4H3,(H,17,18);(H6,4,5,6,7,8,9). The fourth-order valence-electron chi connectivity index (χ4n) is 2.81. The van der Waals surface area contributed by atoms with Crippen LogP contribution in [0, 0.1) is 11.8 Å². The Labute approximate surface area is 176 Å². The first-order chi connectivity index (χ1) is 13.9. The summed E-state index contributed by atoms with van der Waals surface area (Å²) in [7, 11) is -4.21. The van der Waals surface area contributed by atoms with Gasteiger partial charge in [0, 0.05) is 11.8 Å². The van der Waals surface area contributed by atoms with E-state index >= 15 is 0 Å². The molecule has 0 aromatic carbocycles. The van der Waals surface area contributed by atoms with Crippen LogP contribution < -0.4 is 17.2 Å². The Morgan fingerprint density at radius 3 is 1.47 bits per heavy atom. The Morgan fingerprint density at radius 1 is 0.833 bits per heavy atom. The molecule has 1 heterocycles. The molecule has 1 aromatic heterocycles. The van der Waals surface area contributed by atoms with Crippen molar-refractivity contribution in [3.63, 3.8) is 0 Å². The molecule has 0 aliphatic heterocycles. The third kappa shape index (κ3) is 6.24.